The van der Waals surface area contributed by atoms with E-state index in [-0.39, 0.29) is 0 Å². The van der Waals surface area contributed by atoms with Gasteiger partial charge in [-0.15, -0.1) is 11.3 Å². The molecule has 2 heterocycles. The van der Waals surface area contributed by atoms with E-state index < -0.39 is 0 Å². The SMILES string of the molecule is CC.c1ccc2c3c(sc2c1)C(N1CCOCC1)CCC3. The van der Waals surface area contributed by atoms with Crippen LogP contribution in [0.15, 0.2) is 24.3 Å². The molecule has 0 radical (unpaired) electrons. The van der Waals surface area contributed by atoms with Gasteiger partial charge >= 0.3 is 0 Å². The molecule has 21 heavy (non-hydrogen) atoms. The van der Waals surface area contributed by atoms with Crippen molar-refractivity contribution >= 4 is 21.4 Å². The third-order valence-corrected chi connectivity index (χ3v) is 5.74. The molecule has 1 fully saturated rings. The summed E-state index contributed by atoms with van der Waals surface area (Å²) in [5.74, 6) is 0. The Hall–Kier alpha value is -0.900. The number of ether oxygens (including phenoxy) is 1. The molecule has 114 valence electrons. The second-order valence-electron chi connectivity index (χ2n) is 5.50. The number of rotatable bonds is 1. The summed E-state index contributed by atoms with van der Waals surface area (Å²) >= 11 is 2.02. The van der Waals surface area contributed by atoms with Gasteiger partial charge in [-0.05, 0) is 36.3 Å². The molecule has 2 aliphatic rings. The summed E-state index contributed by atoms with van der Waals surface area (Å²) in [6.07, 6.45) is 3.91. The van der Waals surface area contributed by atoms with E-state index in [1.165, 1.54) is 29.3 Å². The Morgan fingerprint density at radius 1 is 1.14 bits per heavy atom. The van der Waals surface area contributed by atoms with Gasteiger partial charge in [0.15, 0.2) is 0 Å². The highest BCUT2D eigenvalue weighted by molar-refractivity contribution is 7.19. The fourth-order valence-electron chi connectivity index (χ4n) is 3.49. The van der Waals surface area contributed by atoms with E-state index in [0.717, 1.165) is 26.3 Å². The first-order chi connectivity index (χ1) is 10.4. The maximum Gasteiger partial charge on any atom is 0.0594 e. The molecular weight excluding hydrogens is 278 g/mol. The lowest BCUT2D eigenvalue weighted by Gasteiger charge is -2.36. The van der Waals surface area contributed by atoms with E-state index in [1.54, 1.807) is 10.4 Å². The van der Waals surface area contributed by atoms with Crippen molar-refractivity contribution in [3.63, 3.8) is 0 Å². The van der Waals surface area contributed by atoms with Gasteiger partial charge in [0.1, 0.15) is 0 Å². The molecule has 4 rings (SSSR count). The summed E-state index contributed by atoms with van der Waals surface area (Å²) in [6, 6.07) is 9.55. The lowest BCUT2D eigenvalue weighted by atomic mass is 9.91. The molecule has 1 aromatic heterocycles. The second kappa shape index (κ2) is 6.91. The van der Waals surface area contributed by atoms with E-state index in [0.29, 0.717) is 6.04 Å². The van der Waals surface area contributed by atoms with Crippen LogP contribution in [-0.2, 0) is 11.2 Å². The average Bonchev–Trinajstić information content (AvgIpc) is 2.96. The largest absolute Gasteiger partial charge is 0.379 e. The fourth-order valence-corrected chi connectivity index (χ4v) is 4.91. The molecule has 3 heteroatoms. The molecule has 1 aliphatic carbocycles. The van der Waals surface area contributed by atoms with E-state index in [9.17, 15) is 0 Å². The number of benzene rings is 1. The van der Waals surface area contributed by atoms with Crippen LogP contribution in [0.2, 0.25) is 0 Å². The standard InChI is InChI=1S/C16H19NOS.C2H6/c1-2-7-15-12(4-1)13-5-3-6-14(16(13)19-15)17-8-10-18-11-9-17;1-2/h1-2,4,7,14H,3,5-6,8-11H2;1-2H3. The molecule has 0 spiro atoms. The number of hydrogen-bond donors (Lipinski definition) is 0. The number of fused-ring (bicyclic) bond motifs is 3. The number of hydrogen-bond acceptors (Lipinski definition) is 3. The Kier molecular flexibility index (Phi) is 4.94. The van der Waals surface area contributed by atoms with E-state index >= 15 is 0 Å². The van der Waals surface area contributed by atoms with Crippen molar-refractivity contribution in [2.45, 2.75) is 39.2 Å². The van der Waals surface area contributed by atoms with Crippen molar-refractivity contribution in [1.29, 1.82) is 0 Å². The molecule has 0 N–H and O–H groups in total. The Bertz CT molecular complexity index is 586. The predicted octanol–water partition coefficient (Wildman–Crippen LogP) is 4.64. The Morgan fingerprint density at radius 3 is 2.71 bits per heavy atom. The van der Waals surface area contributed by atoms with Crippen LogP contribution in [-0.4, -0.2) is 31.2 Å². The van der Waals surface area contributed by atoms with Crippen LogP contribution >= 0.6 is 11.3 Å². The summed E-state index contributed by atoms with van der Waals surface area (Å²) in [5, 5.41) is 1.50. The van der Waals surface area contributed by atoms with Crippen LogP contribution in [0, 0.1) is 0 Å². The van der Waals surface area contributed by atoms with Crippen LogP contribution in [0.4, 0.5) is 0 Å². The van der Waals surface area contributed by atoms with Crippen LogP contribution in [0.5, 0.6) is 0 Å². The zero-order valence-electron chi connectivity index (χ0n) is 13.1. The molecule has 1 saturated heterocycles. The quantitative estimate of drug-likeness (QED) is 0.761. The highest BCUT2D eigenvalue weighted by Crippen LogP contribution is 2.43. The van der Waals surface area contributed by atoms with Crippen molar-refractivity contribution < 1.29 is 4.74 Å². The first-order valence-corrected chi connectivity index (χ1v) is 9.07. The molecule has 1 unspecified atom stereocenters. The second-order valence-corrected chi connectivity index (χ2v) is 6.58. The average molecular weight is 303 g/mol. The minimum atomic E-state index is 0.644. The minimum Gasteiger partial charge on any atom is -0.379 e. The van der Waals surface area contributed by atoms with Crippen molar-refractivity contribution in [1.82, 2.24) is 4.90 Å². The number of nitrogens with zero attached hydrogens (tertiary/aromatic N) is 1. The lowest BCUT2D eigenvalue weighted by molar-refractivity contribution is 0.0133. The van der Waals surface area contributed by atoms with E-state index in [2.05, 4.69) is 29.2 Å². The van der Waals surface area contributed by atoms with Crippen LogP contribution in [0.3, 0.4) is 0 Å². The smallest absolute Gasteiger partial charge is 0.0594 e. The molecule has 0 amide bonds. The Labute approximate surface area is 131 Å². The number of thiophene rings is 1. The minimum absolute atomic E-state index is 0.644. The zero-order valence-corrected chi connectivity index (χ0v) is 13.9. The summed E-state index contributed by atoms with van der Waals surface area (Å²) in [7, 11) is 0. The van der Waals surface area contributed by atoms with E-state index in [1.807, 2.05) is 25.2 Å². The van der Waals surface area contributed by atoms with Gasteiger partial charge < -0.3 is 4.74 Å². The number of aryl methyl sites for hydroxylation is 1. The molecular formula is C18H25NOS. The van der Waals surface area contributed by atoms with Crippen LogP contribution in [0.1, 0.15) is 43.2 Å². The normalized spacial score (nSPS) is 22.5. The van der Waals surface area contributed by atoms with Gasteiger partial charge in [-0.3, -0.25) is 4.90 Å². The van der Waals surface area contributed by atoms with Crippen LogP contribution in [0.25, 0.3) is 10.1 Å². The van der Waals surface area contributed by atoms with Gasteiger partial charge in [-0.2, -0.15) is 0 Å². The summed E-state index contributed by atoms with van der Waals surface area (Å²) < 4.78 is 6.96. The van der Waals surface area contributed by atoms with E-state index in [4.69, 9.17) is 4.74 Å². The topological polar surface area (TPSA) is 12.5 Å². The van der Waals surface area contributed by atoms with Crippen molar-refractivity contribution in [2.75, 3.05) is 26.3 Å². The van der Waals surface area contributed by atoms with Crippen molar-refractivity contribution in [2.24, 2.45) is 0 Å². The highest BCUT2D eigenvalue weighted by atomic mass is 32.1. The maximum absolute atomic E-state index is 5.50. The zero-order chi connectivity index (χ0) is 14.7. The molecule has 2 aromatic rings. The van der Waals surface area contributed by atoms with Gasteiger partial charge in [0.05, 0.1) is 13.2 Å². The number of morpholine rings is 1. The fraction of sp³-hybridized carbons (Fsp3) is 0.556. The van der Waals surface area contributed by atoms with Crippen molar-refractivity contribution in [3.05, 3.63) is 34.7 Å². The molecule has 0 bridgehead atoms. The molecule has 1 aliphatic heterocycles. The first-order valence-electron chi connectivity index (χ1n) is 8.25. The highest BCUT2D eigenvalue weighted by Gasteiger charge is 2.29. The van der Waals surface area contributed by atoms with Gasteiger partial charge in [0.2, 0.25) is 0 Å². The maximum atomic E-state index is 5.50. The monoisotopic (exact) mass is 303 g/mol. The molecule has 0 saturated carbocycles. The summed E-state index contributed by atoms with van der Waals surface area (Å²) in [6.45, 7) is 7.99. The van der Waals surface area contributed by atoms with Gasteiger partial charge in [-0.1, -0.05) is 32.0 Å². The first kappa shape index (κ1) is 15.0. The third kappa shape index (κ3) is 2.87. The Balaban J connectivity index is 0.000000636. The van der Waals surface area contributed by atoms with Gasteiger partial charge in [0.25, 0.3) is 0 Å². The third-order valence-electron chi connectivity index (χ3n) is 4.42. The summed E-state index contributed by atoms with van der Waals surface area (Å²) in [4.78, 5) is 4.27. The van der Waals surface area contributed by atoms with Gasteiger partial charge in [0, 0.05) is 28.7 Å². The van der Waals surface area contributed by atoms with Crippen molar-refractivity contribution in [3.8, 4) is 0 Å². The van der Waals surface area contributed by atoms with Crippen LogP contribution < -0.4 is 0 Å². The predicted molar refractivity (Wildman–Crippen MR) is 91.2 cm³/mol. The lowest BCUT2D eigenvalue weighted by Crippen LogP contribution is -2.39. The molecule has 1 aromatic carbocycles. The summed E-state index contributed by atoms with van der Waals surface area (Å²) in [5.41, 5.74) is 1.63. The van der Waals surface area contributed by atoms with Gasteiger partial charge in [-0.25, -0.2) is 0 Å². The molecule has 1 atom stereocenters. The molecule has 2 nitrogen and oxygen atoms in total. The Morgan fingerprint density at radius 2 is 1.90 bits per heavy atom.